The van der Waals surface area contributed by atoms with Gasteiger partial charge in [-0.3, -0.25) is 0 Å². The lowest BCUT2D eigenvalue weighted by atomic mass is 9.87. The number of unbranched alkanes of at least 4 members (excludes halogenated alkanes) is 14. The Kier molecular flexibility index (Phi) is 18.3. The zero-order valence-corrected chi connectivity index (χ0v) is 22.1. The molecular weight excluding hydrogens is 394 g/mol. The van der Waals surface area contributed by atoms with Crippen molar-refractivity contribution in [3.63, 3.8) is 0 Å². The van der Waals surface area contributed by atoms with Gasteiger partial charge in [0.2, 0.25) is 0 Å². The Morgan fingerprint density at radius 3 is 1.50 bits per heavy atom. The van der Waals surface area contributed by atoms with Gasteiger partial charge in [-0.15, -0.1) is 0 Å². The highest BCUT2D eigenvalue weighted by Crippen LogP contribution is 2.26. The molecule has 0 aliphatic heterocycles. The van der Waals surface area contributed by atoms with Crippen LogP contribution in [0.2, 0.25) is 0 Å². The van der Waals surface area contributed by atoms with Crippen LogP contribution >= 0.6 is 0 Å². The van der Waals surface area contributed by atoms with E-state index in [2.05, 4.69) is 20.8 Å². The summed E-state index contributed by atoms with van der Waals surface area (Å²) < 4.78 is 0. The van der Waals surface area contributed by atoms with Crippen LogP contribution in [0, 0.1) is 13.8 Å². The number of quaternary nitrogens is 1. The minimum absolute atomic E-state index is 0. The summed E-state index contributed by atoms with van der Waals surface area (Å²) in [5.41, 5.74) is 5.15. The van der Waals surface area contributed by atoms with E-state index in [-0.39, 0.29) is 6.15 Å². The van der Waals surface area contributed by atoms with E-state index >= 15 is 0 Å². The van der Waals surface area contributed by atoms with Crippen LogP contribution in [-0.4, -0.2) is 5.97 Å². The second-order valence-electron chi connectivity index (χ2n) is 9.55. The quantitative estimate of drug-likeness (QED) is 0.216. The Labute approximate surface area is 199 Å². The Balaban J connectivity index is 0.00000961. The van der Waals surface area contributed by atoms with Crippen molar-refractivity contribution in [2.45, 2.75) is 143 Å². The molecule has 186 valence electrons. The van der Waals surface area contributed by atoms with E-state index in [1.54, 1.807) is 0 Å². The van der Waals surface area contributed by atoms with Crippen molar-refractivity contribution >= 4 is 5.97 Å². The molecule has 0 radical (unpaired) electrons. The minimum atomic E-state index is -1.03. The molecule has 0 heterocycles. The van der Waals surface area contributed by atoms with Gasteiger partial charge in [-0.2, -0.15) is 0 Å². The van der Waals surface area contributed by atoms with Gasteiger partial charge in [0.15, 0.2) is 0 Å². The van der Waals surface area contributed by atoms with E-state index in [0.29, 0.717) is 5.56 Å². The molecule has 0 aliphatic carbocycles. The van der Waals surface area contributed by atoms with Gasteiger partial charge in [-0.05, 0) is 67.9 Å². The monoisotopic (exact) mass is 447 g/mol. The van der Waals surface area contributed by atoms with Crippen molar-refractivity contribution in [2.24, 2.45) is 0 Å². The van der Waals surface area contributed by atoms with Crippen LogP contribution in [-0.2, 0) is 12.8 Å². The minimum Gasteiger partial charge on any atom is -0.545 e. The van der Waals surface area contributed by atoms with Crippen molar-refractivity contribution in [1.82, 2.24) is 6.15 Å². The SMILES string of the molecule is CCCCCCCCCCc1cc(C(=O)[O-])c(C)c(C)c1CCCCCCCCCC.[NH4+]. The highest BCUT2D eigenvalue weighted by Gasteiger charge is 2.13. The summed E-state index contributed by atoms with van der Waals surface area (Å²) in [6.07, 6.45) is 23.1. The molecule has 0 saturated carbocycles. The number of aromatic carboxylic acids is 1. The normalized spacial score (nSPS) is 10.9. The van der Waals surface area contributed by atoms with Gasteiger partial charge < -0.3 is 16.1 Å². The first-order valence-corrected chi connectivity index (χ1v) is 13.4. The molecule has 0 fully saturated rings. The smallest absolute Gasteiger partial charge is 0.0718 e. The fourth-order valence-corrected chi connectivity index (χ4v) is 4.71. The molecule has 3 heteroatoms. The maximum atomic E-state index is 11.6. The summed E-state index contributed by atoms with van der Waals surface area (Å²) in [5, 5.41) is 11.6. The Morgan fingerprint density at radius 1 is 0.656 bits per heavy atom. The first-order chi connectivity index (χ1) is 15.0. The molecule has 1 rings (SSSR count). The molecule has 0 amide bonds. The van der Waals surface area contributed by atoms with Crippen LogP contribution in [0.1, 0.15) is 149 Å². The Hall–Kier alpha value is -1.35. The Bertz CT molecular complexity index is 624. The molecule has 0 spiro atoms. The van der Waals surface area contributed by atoms with Gasteiger partial charge >= 0.3 is 0 Å². The molecule has 3 nitrogen and oxygen atoms in total. The highest BCUT2D eigenvalue weighted by atomic mass is 16.4. The summed E-state index contributed by atoms with van der Waals surface area (Å²) in [4.78, 5) is 11.6. The fraction of sp³-hybridized carbons (Fsp3) is 0.759. The lowest BCUT2D eigenvalue weighted by molar-refractivity contribution is -0.255. The number of carbonyl (C=O) groups excluding carboxylic acids is 1. The number of carboxylic acids is 1. The van der Waals surface area contributed by atoms with Crippen LogP contribution in [0.4, 0.5) is 0 Å². The largest absolute Gasteiger partial charge is 0.545 e. The zero-order valence-electron chi connectivity index (χ0n) is 22.1. The second-order valence-corrected chi connectivity index (χ2v) is 9.55. The topological polar surface area (TPSA) is 76.6 Å². The number of hydrogen-bond acceptors (Lipinski definition) is 2. The van der Waals surface area contributed by atoms with E-state index in [1.807, 2.05) is 13.0 Å². The average Bonchev–Trinajstić information content (AvgIpc) is 2.75. The van der Waals surface area contributed by atoms with Crippen molar-refractivity contribution in [3.8, 4) is 0 Å². The maximum Gasteiger partial charge on any atom is 0.0718 e. The lowest BCUT2D eigenvalue weighted by Crippen LogP contribution is -2.24. The average molecular weight is 448 g/mol. The first kappa shape index (κ1) is 30.6. The second kappa shape index (κ2) is 19.1. The summed E-state index contributed by atoms with van der Waals surface area (Å²) in [7, 11) is 0. The van der Waals surface area contributed by atoms with Crippen LogP contribution in [0.25, 0.3) is 0 Å². The van der Waals surface area contributed by atoms with E-state index in [9.17, 15) is 9.90 Å². The van der Waals surface area contributed by atoms with E-state index < -0.39 is 5.97 Å². The first-order valence-electron chi connectivity index (χ1n) is 13.4. The standard InChI is InChI=1S/C29H50O2.H3N/c1-5-7-9-11-13-15-17-19-21-26-23-28(29(30)31)25(4)24(3)27(26)22-20-18-16-14-12-10-8-6-2;/h23H,5-22H2,1-4H3,(H,30,31);1H3. The molecule has 0 aromatic heterocycles. The van der Waals surface area contributed by atoms with E-state index in [0.717, 1.165) is 24.8 Å². The summed E-state index contributed by atoms with van der Waals surface area (Å²) >= 11 is 0. The van der Waals surface area contributed by atoms with Gasteiger partial charge in [-0.1, -0.05) is 104 Å². The summed E-state index contributed by atoms with van der Waals surface area (Å²) in [5.74, 6) is -1.03. The molecule has 32 heavy (non-hydrogen) atoms. The van der Waals surface area contributed by atoms with Crippen LogP contribution in [0.15, 0.2) is 6.07 Å². The van der Waals surface area contributed by atoms with Gasteiger partial charge in [0.25, 0.3) is 0 Å². The number of carboxylic acid groups (broad SMARTS) is 1. The van der Waals surface area contributed by atoms with Crippen molar-refractivity contribution < 1.29 is 9.90 Å². The molecule has 0 atom stereocenters. The highest BCUT2D eigenvalue weighted by molar-refractivity contribution is 5.88. The molecule has 1 aromatic carbocycles. The van der Waals surface area contributed by atoms with Crippen LogP contribution < -0.4 is 11.3 Å². The number of benzene rings is 1. The third-order valence-corrected chi connectivity index (χ3v) is 6.93. The molecular formula is C29H53NO2. The van der Waals surface area contributed by atoms with Gasteiger partial charge in [0, 0.05) is 5.56 Å². The Morgan fingerprint density at radius 2 is 1.06 bits per heavy atom. The van der Waals surface area contributed by atoms with Crippen molar-refractivity contribution in [2.75, 3.05) is 0 Å². The van der Waals surface area contributed by atoms with Crippen LogP contribution in [0.5, 0.6) is 0 Å². The summed E-state index contributed by atoms with van der Waals surface area (Å²) in [6.45, 7) is 8.58. The number of hydrogen-bond donors (Lipinski definition) is 1. The van der Waals surface area contributed by atoms with Gasteiger partial charge in [-0.25, -0.2) is 0 Å². The molecule has 1 aromatic rings. The maximum absolute atomic E-state index is 11.6. The summed E-state index contributed by atoms with van der Waals surface area (Å²) in [6, 6.07) is 1.93. The van der Waals surface area contributed by atoms with Crippen molar-refractivity contribution in [3.05, 3.63) is 33.9 Å². The fourth-order valence-electron chi connectivity index (χ4n) is 4.71. The molecule has 0 aliphatic rings. The zero-order chi connectivity index (χ0) is 22.9. The number of rotatable bonds is 19. The molecule has 0 bridgehead atoms. The predicted molar refractivity (Wildman–Crippen MR) is 139 cm³/mol. The lowest BCUT2D eigenvalue weighted by Gasteiger charge is -2.19. The molecule has 4 N–H and O–H groups in total. The molecule has 0 unspecified atom stereocenters. The van der Waals surface area contributed by atoms with E-state index in [1.165, 1.54) is 113 Å². The third kappa shape index (κ3) is 12.0. The van der Waals surface area contributed by atoms with Gasteiger partial charge in [0.1, 0.15) is 0 Å². The number of aryl methyl sites for hydroxylation is 1. The van der Waals surface area contributed by atoms with E-state index in [4.69, 9.17) is 0 Å². The third-order valence-electron chi connectivity index (χ3n) is 6.93. The van der Waals surface area contributed by atoms with Crippen LogP contribution in [0.3, 0.4) is 0 Å². The van der Waals surface area contributed by atoms with Gasteiger partial charge in [0.05, 0.1) is 5.97 Å². The number of carbonyl (C=O) groups is 1. The van der Waals surface area contributed by atoms with Crippen molar-refractivity contribution in [1.29, 1.82) is 0 Å². The molecule has 0 saturated heterocycles. The predicted octanol–water partition coefficient (Wildman–Crippen LogP) is 8.41.